The Morgan fingerprint density at radius 1 is 1.26 bits per heavy atom. The normalized spacial score (nSPS) is 10.9. The molecule has 0 atom stereocenters. The molecule has 3 aromatic rings. The molecule has 1 N–H and O–H groups in total. The molecule has 5 nitrogen and oxygen atoms in total. The number of aromatic hydroxyl groups is 1. The molecule has 0 aliphatic heterocycles. The minimum atomic E-state index is -0.175. The number of fused-ring (bicyclic) bond motifs is 1. The van der Waals surface area contributed by atoms with E-state index in [0.717, 1.165) is 11.3 Å². The first-order chi connectivity index (χ1) is 11.1. The predicted molar refractivity (Wildman–Crippen MR) is 90.7 cm³/mol. The number of rotatable bonds is 5. The summed E-state index contributed by atoms with van der Waals surface area (Å²) in [6, 6.07) is 12.7. The topological polar surface area (TPSA) is 63.8 Å². The highest BCUT2D eigenvalue weighted by Crippen LogP contribution is 2.39. The minimum Gasteiger partial charge on any atom is -0.493 e. The number of ether oxygens (including phenoxy) is 1. The highest BCUT2D eigenvalue weighted by Gasteiger charge is 2.17. The Balaban J connectivity index is 1.88. The van der Waals surface area contributed by atoms with Crippen LogP contribution in [0.3, 0.4) is 0 Å². The van der Waals surface area contributed by atoms with Crippen molar-refractivity contribution in [2.75, 3.05) is 6.61 Å². The number of benzene rings is 2. The molecular weight excluding hydrogens is 316 g/mol. The summed E-state index contributed by atoms with van der Waals surface area (Å²) in [5.41, 5.74) is 1.71. The molecule has 0 saturated carbocycles. The van der Waals surface area contributed by atoms with Gasteiger partial charge in [0, 0.05) is 10.4 Å². The molecule has 0 unspecified atom stereocenters. The maximum atomic E-state index is 11.0. The van der Waals surface area contributed by atoms with Crippen molar-refractivity contribution in [2.24, 2.45) is 5.18 Å². The highest BCUT2D eigenvalue weighted by molar-refractivity contribution is 6.31. The van der Waals surface area contributed by atoms with Gasteiger partial charge in [0.1, 0.15) is 12.4 Å². The standard InChI is InChI=1S/C17H15ClN2O3/c1-11-4-2-3-5-15(11)23-9-8-20-14-10-12(18)6-7-13(14)16(19-22)17(20)21/h2-7,10,21H,8-9H2,1H3. The molecule has 23 heavy (non-hydrogen) atoms. The average Bonchev–Trinajstić information content (AvgIpc) is 2.80. The fourth-order valence-electron chi connectivity index (χ4n) is 2.57. The molecule has 0 aliphatic carbocycles. The van der Waals surface area contributed by atoms with Gasteiger partial charge in [0.05, 0.1) is 12.1 Å². The average molecular weight is 331 g/mol. The molecule has 0 aliphatic rings. The Kier molecular flexibility index (Phi) is 4.21. The fraction of sp³-hybridized carbons (Fsp3) is 0.176. The zero-order chi connectivity index (χ0) is 16.4. The Morgan fingerprint density at radius 2 is 2.04 bits per heavy atom. The summed E-state index contributed by atoms with van der Waals surface area (Å²) >= 11 is 6.01. The highest BCUT2D eigenvalue weighted by atomic mass is 35.5. The van der Waals surface area contributed by atoms with Crippen LogP contribution in [0.15, 0.2) is 47.6 Å². The van der Waals surface area contributed by atoms with Crippen molar-refractivity contribution in [2.45, 2.75) is 13.5 Å². The number of para-hydroxylation sites is 1. The zero-order valence-corrected chi connectivity index (χ0v) is 13.2. The third-order valence-electron chi connectivity index (χ3n) is 3.73. The summed E-state index contributed by atoms with van der Waals surface area (Å²) < 4.78 is 7.32. The van der Waals surface area contributed by atoms with Gasteiger partial charge in [0.25, 0.3) is 0 Å². The second-order valence-electron chi connectivity index (χ2n) is 5.19. The molecule has 0 radical (unpaired) electrons. The molecule has 3 rings (SSSR count). The number of aryl methyl sites for hydroxylation is 1. The summed E-state index contributed by atoms with van der Waals surface area (Å²) in [6.07, 6.45) is 0. The quantitative estimate of drug-likeness (QED) is 0.684. The first-order valence-corrected chi connectivity index (χ1v) is 7.52. The largest absolute Gasteiger partial charge is 0.493 e. The molecule has 6 heteroatoms. The zero-order valence-electron chi connectivity index (χ0n) is 12.5. The first kappa shape index (κ1) is 15.4. The van der Waals surface area contributed by atoms with E-state index in [0.29, 0.717) is 29.1 Å². The van der Waals surface area contributed by atoms with Gasteiger partial charge in [0.15, 0.2) is 5.69 Å². The van der Waals surface area contributed by atoms with Gasteiger partial charge in [-0.2, -0.15) is 0 Å². The monoisotopic (exact) mass is 330 g/mol. The van der Waals surface area contributed by atoms with E-state index in [1.165, 1.54) is 0 Å². The Labute approximate surface area is 138 Å². The maximum Gasteiger partial charge on any atom is 0.222 e. The van der Waals surface area contributed by atoms with Crippen LogP contribution in [0.4, 0.5) is 5.69 Å². The SMILES string of the molecule is Cc1ccccc1OCCn1c(O)c(N=O)c2ccc(Cl)cc21. The summed E-state index contributed by atoms with van der Waals surface area (Å²) in [4.78, 5) is 11.0. The van der Waals surface area contributed by atoms with Gasteiger partial charge in [0.2, 0.25) is 5.88 Å². The Hall–Kier alpha value is -2.53. The smallest absolute Gasteiger partial charge is 0.222 e. The molecule has 0 amide bonds. The molecule has 1 heterocycles. The van der Waals surface area contributed by atoms with E-state index in [4.69, 9.17) is 16.3 Å². The molecule has 0 fully saturated rings. The van der Waals surface area contributed by atoms with Gasteiger partial charge >= 0.3 is 0 Å². The molecule has 0 saturated heterocycles. The van der Waals surface area contributed by atoms with Crippen LogP contribution >= 0.6 is 11.6 Å². The molecule has 0 bridgehead atoms. The van der Waals surface area contributed by atoms with Crippen LogP contribution in [0.5, 0.6) is 11.6 Å². The third-order valence-corrected chi connectivity index (χ3v) is 3.97. The van der Waals surface area contributed by atoms with Crippen molar-refractivity contribution in [3.63, 3.8) is 0 Å². The lowest BCUT2D eigenvalue weighted by atomic mass is 10.2. The second kappa shape index (κ2) is 6.30. The van der Waals surface area contributed by atoms with Crippen LogP contribution in [0.25, 0.3) is 10.9 Å². The number of hydrogen-bond acceptors (Lipinski definition) is 4. The van der Waals surface area contributed by atoms with Crippen LogP contribution in [0.1, 0.15) is 5.56 Å². The summed E-state index contributed by atoms with van der Waals surface area (Å²) in [5.74, 6) is 0.612. The molecule has 2 aromatic carbocycles. The second-order valence-corrected chi connectivity index (χ2v) is 5.63. The van der Waals surface area contributed by atoms with Crippen LogP contribution in [0.2, 0.25) is 5.02 Å². The van der Waals surface area contributed by atoms with Crippen LogP contribution in [-0.4, -0.2) is 16.3 Å². The van der Waals surface area contributed by atoms with Gasteiger partial charge in [-0.1, -0.05) is 29.8 Å². The lowest BCUT2D eigenvalue weighted by molar-refractivity contribution is 0.289. The van der Waals surface area contributed by atoms with E-state index in [9.17, 15) is 10.0 Å². The Bertz CT molecular complexity index is 874. The van der Waals surface area contributed by atoms with Gasteiger partial charge in [-0.15, -0.1) is 4.91 Å². The number of nitrogens with zero attached hydrogens (tertiary/aromatic N) is 2. The number of hydrogen-bond donors (Lipinski definition) is 1. The van der Waals surface area contributed by atoms with E-state index in [2.05, 4.69) is 5.18 Å². The van der Waals surface area contributed by atoms with Gasteiger partial charge in [-0.3, -0.25) is 0 Å². The molecule has 0 spiro atoms. The van der Waals surface area contributed by atoms with E-state index in [-0.39, 0.29) is 11.6 Å². The van der Waals surface area contributed by atoms with E-state index >= 15 is 0 Å². The fourth-order valence-corrected chi connectivity index (χ4v) is 2.74. The summed E-state index contributed by atoms with van der Waals surface area (Å²) in [7, 11) is 0. The van der Waals surface area contributed by atoms with Crippen molar-refractivity contribution >= 4 is 28.2 Å². The maximum absolute atomic E-state index is 11.0. The first-order valence-electron chi connectivity index (χ1n) is 7.14. The van der Waals surface area contributed by atoms with Gasteiger partial charge < -0.3 is 14.4 Å². The van der Waals surface area contributed by atoms with Crippen molar-refractivity contribution in [1.82, 2.24) is 4.57 Å². The molecule has 118 valence electrons. The lowest BCUT2D eigenvalue weighted by Gasteiger charge is -2.11. The number of nitroso groups, excluding NO2 is 1. The van der Waals surface area contributed by atoms with Crippen molar-refractivity contribution in [3.8, 4) is 11.6 Å². The van der Waals surface area contributed by atoms with Crippen molar-refractivity contribution in [1.29, 1.82) is 0 Å². The van der Waals surface area contributed by atoms with Crippen molar-refractivity contribution in [3.05, 3.63) is 58.0 Å². The molecular formula is C17H15ClN2O3. The summed E-state index contributed by atoms with van der Waals surface area (Å²) in [6.45, 7) is 2.67. The number of aromatic nitrogens is 1. The summed E-state index contributed by atoms with van der Waals surface area (Å²) in [5, 5.41) is 14.2. The third kappa shape index (κ3) is 2.87. The predicted octanol–water partition coefficient (Wildman–Crippen LogP) is 4.79. The van der Waals surface area contributed by atoms with E-state index in [1.807, 2.05) is 31.2 Å². The van der Waals surface area contributed by atoms with Crippen LogP contribution in [-0.2, 0) is 6.54 Å². The van der Waals surface area contributed by atoms with Gasteiger partial charge in [-0.25, -0.2) is 0 Å². The van der Waals surface area contributed by atoms with Crippen molar-refractivity contribution < 1.29 is 9.84 Å². The lowest BCUT2D eigenvalue weighted by Crippen LogP contribution is -2.08. The van der Waals surface area contributed by atoms with Crippen LogP contribution < -0.4 is 4.74 Å². The van der Waals surface area contributed by atoms with Gasteiger partial charge in [-0.05, 0) is 41.9 Å². The number of halogens is 1. The van der Waals surface area contributed by atoms with E-state index in [1.54, 1.807) is 22.8 Å². The Morgan fingerprint density at radius 3 is 2.78 bits per heavy atom. The van der Waals surface area contributed by atoms with Crippen LogP contribution in [0, 0.1) is 11.8 Å². The minimum absolute atomic E-state index is 0.0209. The van der Waals surface area contributed by atoms with E-state index < -0.39 is 0 Å². The molecule has 1 aromatic heterocycles.